The lowest BCUT2D eigenvalue weighted by Crippen LogP contribution is -2.24. The zero-order valence-electron chi connectivity index (χ0n) is 10.3. The van der Waals surface area contributed by atoms with Gasteiger partial charge in [-0.3, -0.25) is 4.72 Å². The summed E-state index contributed by atoms with van der Waals surface area (Å²) in [5, 5.41) is 10.7. The molecule has 0 amide bonds. The molecule has 5 nitrogen and oxygen atoms in total. The fraction of sp³-hybridized carbons (Fsp3) is 0. The van der Waals surface area contributed by atoms with Crippen molar-refractivity contribution >= 4 is 21.7 Å². The number of carbonyl (C=O) groups is 1. The van der Waals surface area contributed by atoms with E-state index in [4.69, 9.17) is 0 Å². The molecular formula is C13H8F2NO4S-. The maximum atomic E-state index is 13.2. The lowest BCUT2D eigenvalue weighted by molar-refractivity contribution is -0.255. The second-order valence-corrected chi connectivity index (χ2v) is 5.72. The summed E-state index contributed by atoms with van der Waals surface area (Å²) in [6.07, 6.45) is 0. The second kappa shape index (κ2) is 5.49. The van der Waals surface area contributed by atoms with Gasteiger partial charge in [-0.05, 0) is 42.5 Å². The van der Waals surface area contributed by atoms with Crippen LogP contribution in [0.25, 0.3) is 0 Å². The fourth-order valence-electron chi connectivity index (χ4n) is 1.56. The van der Waals surface area contributed by atoms with Gasteiger partial charge in [0.2, 0.25) is 0 Å². The minimum Gasteiger partial charge on any atom is -0.545 e. The maximum absolute atomic E-state index is 13.2. The molecule has 2 aromatic carbocycles. The van der Waals surface area contributed by atoms with Crippen LogP contribution >= 0.6 is 0 Å². The summed E-state index contributed by atoms with van der Waals surface area (Å²) in [6, 6.07) is 6.75. The number of anilines is 1. The minimum absolute atomic E-state index is 0.0794. The molecule has 0 aliphatic carbocycles. The Hall–Kier alpha value is -2.48. The molecule has 8 heteroatoms. The summed E-state index contributed by atoms with van der Waals surface area (Å²) in [5.41, 5.74) is -0.785. The van der Waals surface area contributed by atoms with Gasteiger partial charge in [0.1, 0.15) is 11.6 Å². The first-order chi connectivity index (χ1) is 9.79. The number of nitrogens with one attached hydrogen (secondary N) is 1. The van der Waals surface area contributed by atoms with E-state index >= 15 is 0 Å². The van der Waals surface area contributed by atoms with Gasteiger partial charge in [-0.1, -0.05) is 0 Å². The summed E-state index contributed by atoms with van der Waals surface area (Å²) in [7, 11) is -4.13. The number of carboxylic acid groups (broad SMARTS) is 1. The highest BCUT2D eigenvalue weighted by atomic mass is 32.2. The molecule has 0 heterocycles. The molecule has 0 aromatic heterocycles. The van der Waals surface area contributed by atoms with Crippen LogP contribution in [0.3, 0.4) is 0 Å². The van der Waals surface area contributed by atoms with Gasteiger partial charge in [-0.2, -0.15) is 0 Å². The summed E-state index contributed by atoms with van der Waals surface area (Å²) in [5.74, 6) is -3.47. The van der Waals surface area contributed by atoms with Crippen LogP contribution in [0.2, 0.25) is 0 Å². The average molecular weight is 312 g/mol. The number of halogens is 2. The quantitative estimate of drug-likeness (QED) is 0.917. The summed E-state index contributed by atoms with van der Waals surface area (Å²) >= 11 is 0. The predicted octanol–water partition coefficient (Wildman–Crippen LogP) is 1.13. The van der Waals surface area contributed by atoms with E-state index in [9.17, 15) is 27.1 Å². The highest BCUT2D eigenvalue weighted by Crippen LogP contribution is 2.19. The number of sulfonamides is 1. The normalized spacial score (nSPS) is 11.1. The molecule has 0 atom stereocenters. The van der Waals surface area contributed by atoms with E-state index in [1.54, 1.807) is 0 Å². The molecule has 0 radical (unpaired) electrons. The van der Waals surface area contributed by atoms with Gasteiger partial charge in [-0.25, -0.2) is 17.2 Å². The summed E-state index contributed by atoms with van der Waals surface area (Å²) < 4.78 is 52.1. The second-order valence-electron chi connectivity index (χ2n) is 4.04. The van der Waals surface area contributed by atoms with E-state index in [0.29, 0.717) is 12.1 Å². The van der Waals surface area contributed by atoms with Gasteiger partial charge >= 0.3 is 0 Å². The first kappa shape index (κ1) is 14.9. The third kappa shape index (κ3) is 3.34. The molecule has 0 saturated heterocycles. The largest absolute Gasteiger partial charge is 0.545 e. The Labute approximate surface area is 118 Å². The molecule has 0 spiro atoms. The van der Waals surface area contributed by atoms with Crippen molar-refractivity contribution in [2.75, 3.05) is 4.72 Å². The van der Waals surface area contributed by atoms with E-state index in [2.05, 4.69) is 4.72 Å². The Morgan fingerprint density at radius 2 is 1.67 bits per heavy atom. The lowest BCUT2D eigenvalue weighted by atomic mass is 10.2. The van der Waals surface area contributed by atoms with E-state index in [-0.39, 0.29) is 5.69 Å². The van der Waals surface area contributed by atoms with Crippen molar-refractivity contribution in [2.24, 2.45) is 0 Å². The molecule has 2 rings (SSSR count). The Bertz CT molecular complexity index is 788. The van der Waals surface area contributed by atoms with Crippen LogP contribution in [0, 0.1) is 11.6 Å². The Morgan fingerprint density at radius 1 is 1.05 bits per heavy atom. The Balaban J connectivity index is 2.38. The molecule has 2 aromatic rings. The molecule has 21 heavy (non-hydrogen) atoms. The Kier molecular flexibility index (Phi) is 3.90. The fourth-order valence-corrected chi connectivity index (χ4v) is 2.64. The third-order valence-corrected chi connectivity index (χ3v) is 3.94. The molecule has 0 saturated carbocycles. The monoisotopic (exact) mass is 312 g/mol. The van der Waals surface area contributed by atoms with Crippen LogP contribution in [-0.4, -0.2) is 14.4 Å². The van der Waals surface area contributed by atoms with Gasteiger partial charge in [0, 0.05) is 11.3 Å². The molecule has 0 unspecified atom stereocenters. The third-order valence-electron chi connectivity index (χ3n) is 2.56. The molecule has 1 N–H and O–H groups in total. The zero-order valence-corrected chi connectivity index (χ0v) is 11.2. The molecule has 0 fully saturated rings. The topological polar surface area (TPSA) is 86.3 Å². The number of hydrogen-bond acceptors (Lipinski definition) is 4. The van der Waals surface area contributed by atoms with E-state index in [0.717, 1.165) is 18.2 Å². The average Bonchev–Trinajstić information content (AvgIpc) is 2.41. The van der Waals surface area contributed by atoms with Crippen LogP contribution in [0.4, 0.5) is 14.5 Å². The number of carboxylic acids is 1. The SMILES string of the molecule is O=C([O-])c1cc(S(=O)(=O)Nc2ccc(F)cc2)ccc1F. The van der Waals surface area contributed by atoms with Crippen LogP contribution < -0.4 is 9.83 Å². The van der Waals surface area contributed by atoms with Crippen molar-refractivity contribution in [1.82, 2.24) is 0 Å². The summed E-state index contributed by atoms with van der Waals surface area (Å²) in [4.78, 5) is 10.2. The number of hydrogen-bond donors (Lipinski definition) is 1. The van der Waals surface area contributed by atoms with E-state index < -0.39 is 38.1 Å². The minimum atomic E-state index is -4.13. The van der Waals surface area contributed by atoms with Crippen molar-refractivity contribution in [3.63, 3.8) is 0 Å². The molecule has 0 aliphatic rings. The number of carbonyl (C=O) groups excluding carboxylic acids is 1. The van der Waals surface area contributed by atoms with Crippen molar-refractivity contribution in [3.05, 3.63) is 59.7 Å². The lowest BCUT2D eigenvalue weighted by Gasteiger charge is -2.10. The van der Waals surface area contributed by atoms with Crippen LogP contribution in [0.1, 0.15) is 10.4 Å². The van der Waals surface area contributed by atoms with E-state index in [1.165, 1.54) is 12.1 Å². The van der Waals surface area contributed by atoms with Crippen molar-refractivity contribution in [3.8, 4) is 0 Å². The van der Waals surface area contributed by atoms with Crippen molar-refractivity contribution in [1.29, 1.82) is 0 Å². The van der Waals surface area contributed by atoms with Crippen LogP contribution in [0.15, 0.2) is 47.4 Å². The summed E-state index contributed by atoms with van der Waals surface area (Å²) in [6.45, 7) is 0. The predicted molar refractivity (Wildman–Crippen MR) is 67.9 cm³/mol. The van der Waals surface area contributed by atoms with Gasteiger partial charge in [0.05, 0.1) is 10.9 Å². The standard InChI is InChI=1S/C13H9F2NO4S/c14-8-1-3-9(4-2-8)16-21(19,20)10-5-6-12(15)11(7-10)13(17)18/h1-7,16H,(H,17,18)/p-1. The number of benzene rings is 2. The van der Waals surface area contributed by atoms with Gasteiger partial charge < -0.3 is 9.90 Å². The smallest absolute Gasteiger partial charge is 0.261 e. The van der Waals surface area contributed by atoms with Crippen LogP contribution in [0.5, 0.6) is 0 Å². The maximum Gasteiger partial charge on any atom is 0.261 e. The molecule has 0 aliphatic heterocycles. The molecular weight excluding hydrogens is 304 g/mol. The van der Waals surface area contributed by atoms with Gasteiger partial charge in [0.15, 0.2) is 0 Å². The zero-order chi connectivity index (χ0) is 15.6. The molecule has 110 valence electrons. The number of rotatable bonds is 4. The number of aromatic carboxylic acids is 1. The highest BCUT2D eigenvalue weighted by molar-refractivity contribution is 7.92. The van der Waals surface area contributed by atoms with Gasteiger partial charge in [-0.15, -0.1) is 0 Å². The Morgan fingerprint density at radius 3 is 2.24 bits per heavy atom. The molecule has 0 bridgehead atoms. The first-order valence-electron chi connectivity index (χ1n) is 5.59. The van der Waals surface area contributed by atoms with E-state index in [1.807, 2.05) is 0 Å². The van der Waals surface area contributed by atoms with Crippen molar-refractivity contribution in [2.45, 2.75) is 4.90 Å². The van der Waals surface area contributed by atoms with Crippen LogP contribution in [-0.2, 0) is 10.0 Å². The van der Waals surface area contributed by atoms with Gasteiger partial charge in [0.25, 0.3) is 10.0 Å². The first-order valence-corrected chi connectivity index (χ1v) is 7.07. The highest BCUT2D eigenvalue weighted by Gasteiger charge is 2.17. The van der Waals surface area contributed by atoms with Crippen molar-refractivity contribution < 1.29 is 27.1 Å².